The molecule has 3 rings (SSSR count). The molecule has 0 aromatic carbocycles. The van der Waals surface area contributed by atoms with Crippen LogP contribution < -0.4 is 5.73 Å². The molecule has 14 heavy (non-hydrogen) atoms. The van der Waals surface area contributed by atoms with Crippen molar-refractivity contribution < 1.29 is 4.74 Å². The highest BCUT2D eigenvalue weighted by Crippen LogP contribution is 2.41. The molecule has 0 fully saturated rings. The molecule has 2 N–H and O–H groups in total. The zero-order chi connectivity index (χ0) is 9.54. The predicted molar refractivity (Wildman–Crippen MR) is 57.8 cm³/mol. The van der Waals surface area contributed by atoms with Crippen molar-refractivity contribution in [2.24, 2.45) is 5.73 Å². The van der Waals surface area contributed by atoms with Crippen LogP contribution in [0.25, 0.3) is 0 Å². The summed E-state index contributed by atoms with van der Waals surface area (Å²) in [4.78, 5) is 3.16. The van der Waals surface area contributed by atoms with Gasteiger partial charge in [-0.05, 0) is 30.4 Å². The molecule has 1 atom stereocenters. The Morgan fingerprint density at radius 2 is 2.21 bits per heavy atom. The second-order valence-corrected chi connectivity index (χ2v) is 5.23. The smallest absolute Gasteiger partial charge is 0.0960 e. The Bertz CT molecular complexity index is 358. The molecule has 1 aromatic rings. The van der Waals surface area contributed by atoms with Gasteiger partial charge in [-0.1, -0.05) is 0 Å². The number of hydrogen-bond acceptors (Lipinski definition) is 3. The topological polar surface area (TPSA) is 35.2 Å². The van der Waals surface area contributed by atoms with Crippen LogP contribution in [0.15, 0.2) is 0 Å². The van der Waals surface area contributed by atoms with E-state index in [1.54, 1.807) is 15.3 Å². The van der Waals surface area contributed by atoms with Crippen molar-refractivity contribution >= 4 is 11.3 Å². The Hall–Kier alpha value is -0.380. The van der Waals surface area contributed by atoms with Crippen molar-refractivity contribution in [3.05, 3.63) is 20.9 Å². The molecule has 0 amide bonds. The predicted octanol–water partition coefficient (Wildman–Crippen LogP) is 1.81. The summed E-state index contributed by atoms with van der Waals surface area (Å²) in [6, 6.07) is 0. The minimum Gasteiger partial charge on any atom is -0.372 e. The number of aryl methyl sites for hydroxylation is 1. The van der Waals surface area contributed by atoms with Crippen LogP contribution in [0.4, 0.5) is 0 Å². The van der Waals surface area contributed by atoms with Gasteiger partial charge in [0.05, 0.1) is 12.7 Å². The molecule has 3 heteroatoms. The summed E-state index contributed by atoms with van der Waals surface area (Å²) < 4.78 is 5.72. The standard InChI is InChI=1S/C11H15NOS/c12-6-8-11-7-2-1-3-9(7)14-10(11)4-5-13-8/h8H,1-6,12H2. The third kappa shape index (κ3) is 1.16. The van der Waals surface area contributed by atoms with Crippen molar-refractivity contribution in [2.45, 2.75) is 31.8 Å². The van der Waals surface area contributed by atoms with E-state index < -0.39 is 0 Å². The second-order valence-electron chi connectivity index (χ2n) is 4.04. The maximum absolute atomic E-state index is 5.75. The highest BCUT2D eigenvalue weighted by atomic mass is 32.1. The minimum atomic E-state index is 0.192. The molecule has 76 valence electrons. The van der Waals surface area contributed by atoms with E-state index in [-0.39, 0.29) is 6.10 Å². The third-order valence-electron chi connectivity index (χ3n) is 3.22. The van der Waals surface area contributed by atoms with Crippen molar-refractivity contribution in [1.82, 2.24) is 0 Å². The largest absolute Gasteiger partial charge is 0.372 e. The molecule has 1 aromatic heterocycles. The molecule has 1 aliphatic carbocycles. The highest BCUT2D eigenvalue weighted by Gasteiger charge is 2.29. The van der Waals surface area contributed by atoms with Crippen molar-refractivity contribution in [3.8, 4) is 0 Å². The summed E-state index contributed by atoms with van der Waals surface area (Å²) >= 11 is 2.01. The minimum absolute atomic E-state index is 0.192. The summed E-state index contributed by atoms with van der Waals surface area (Å²) in [5.74, 6) is 0. The Kier molecular flexibility index (Phi) is 2.11. The van der Waals surface area contributed by atoms with Crippen LogP contribution in [0.2, 0.25) is 0 Å². The number of thiophene rings is 1. The third-order valence-corrected chi connectivity index (χ3v) is 4.59. The van der Waals surface area contributed by atoms with Crippen LogP contribution >= 0.6 is 11.3 Å². The lowest BCUT2D eigenvalue weighted by Gasteiger charge is -2.23. The molecule has 0 saturated heterocycles. The SMILES string of the molecule is NCC1OCCc2sc3c(c21)CCC3. The molecular weight excluding hydrogens is 194 g/mol. The molecular formula is C11H15NOS. The summed E-state index contributed by atoms with van der Waals surface area (Å²) in [5.41, 5.74) is 8.80. The fraction of sp³-hybridized carbons (Fsp3) is 0.636. The van der Waals surface area contributed by atoms with Gasteiger partial charge in [0.25, 0.3) is 0 Å². The Morgan fingerprint density at radius 3 is 3.07 bits per heavy atom. The summed E-state index contributed by atoms with van der Waals surface area (Å²) in [6.45, 7) is 1.49. The van der Waals surface area contributed by atoms with Gasteiger partial charge in [-0.25, -0.2) is 0 Å². The first-order chi connectivity index (χ1) is 6.90. The van der Waals surface area contributed by atoms with Crippen molar-refractivity contribution in [1.29, 1.82) is 0 Å². The van der Waals surface area contributed by atoms with E-state index >= 15 is 0 Å². The summed E-state index contributed by atoms with van der Waals surface area (Å²) in [6.07, 6.45) is 5.15. The Labute approximate surface area is 88.1 Å². The lowest BCUT2D eigenvalue weighted by atomic mass is 10.00. The van der Waals surface area contributed by atoms with E-state index in [0.717, 1.165) is 13.0 Å². The molecule has 0 spiro atoms. The number of ether oxygens (including phenoxy) is 1. The van der Waals surface area contributed by atoms with Crippen molar-refractivity contribution in [2.75, 3.05) is 13.2 Å². The first-order valence-electron chi connectivity index (χ1n) is 5.35. The van der Waals surface area contributed by atoms with E-state index in [9.17, 15) is 0 Å². The van der Waals surface area contributed by atoms with Gasteiger partial charge in [-0.3, -0.25) is 0 Å². The lowest BCUT2D eigenvalue weighted by Crippen LogP contribution is -2.22. The van der Waals surface area contributed by atoms with E-state index in [2.05, 4.69) is 0 Å². The van der Waals surface area contributed by atoms with E-state index in [1.807, 2.05) is 11.3 Å². The normalized spacial score (nSPS) is 24.8. The Balaban J connectivity index is 2.10. The van der Waals surface area contributed by atoms with Crippen LogP contribution in [-0.4, -0.2) is 13.2 Å². The van der Waals surface area contributed by atoms with Crippen LogP contribution in [0.1, 0.15) is 33.4 Å². The molecule has 2 nitrogen and oxygen atoms in total. The first kappa shape index (κ1) is 8.89. The van der Waals surface area contributed by atoms with Crippen LogP contribution in [-0.2, 0) is 24.0 Å². The van der Waals surface area contributed by atoms with Gasteiger partial charge in [0.2, 0.25) is 0 Å². The molecule has 2 aliphatic rings. The summed E-state index contributed by atoms with van der Waals surface area (Å²) in [7, 11) is 0. The zero-order valence-electron chi connectivity index (χ0n) is 8.21. The molecule has 0 saturated carbocycles. The van der Waals surface area contributed by atoms with E-state index in [4.69, 9.17) is 10.5 Å². The molecule has 0 radical (unpaired) electrons. The molecule has 2 heterocycles. The monoisotopic (exact) mass is 209 g/mol. The van der Waals surface area contributed by atoms with Gasteiger partial charge in [-0.2, -0.15) is 0 Å². The number of nitrogens with two attached hydrogens (primary N) is 1. The average Bonchev–Trinajstić information content (AvgIpc) is 2.75. The van der Waals surface area contributed by atoms with Crippen LogP contribution in [0.3, 0.4) is 0 Å². The fourth-order valence-electron chi connectivity index (χ4n) is 2.61. The van der Waals surface area contributed by atoms with E-state index in [0.29, 0.717) is 6.54 Å². The molecule has 1 aliphatic heterocycles. The fourth-order valence-corrected chi connectivity index (χ4v) is 4.04. The summed E-state index contributed by atoms with van der Waals surface area (Å²) in [5, 5.41) is 0. The number of rotatable bonds is 1. The van der Waals surface area contributed by atoms with Gasteiger partial charge in [0.1, 0.15) is 0 Å². The van der Waals surface area contributed by atoms with E-state index in [1.165, 1.54) is 24.8 Å². The van der Waals surface area contributed by atoms with Crippen molar-refractivity contribution in [3.63, 3.8) is 0 Å². The average molecular weight is 209 g/mol. The quantitative estimate of drug-likeness (QED) is 0.765. The first-order valence-corrected chi connectivity index (χ1v) is 6.16. The highest BCUT2D eigenvalue weighted by molar-refractivity contribution is 7.12. The maximum Gasteiger partial charge on any atom is 0.0960 e. The number of fused-ring (bicyclic) bond motifs is 3. The van der Waals surface area contributed by atoms with Gasteiger partial charge in [0, 0.05) is 22.7 Å². The van der Waals surface area contributed by atoms with Gasteiger partial charge in [-0.15, -0.1) is 11.3 Å². The molecule has 0 bridgehead atoms. The lowest BCUT2D eigenvalue weighted by molar-refractivity contribution is 0.0492. The maximum atomic E-state index is 5.75. The molecule has 1 unspecified atom stereocenters. The van der Waals surface area contributed by atoms with Crippen LogP contribution in [0.5, 0.6) is 0 Å². The Morgan fingerprint density at radius 1 is 1.29 bits per heavy atom. The zero-order valence-corrected chi connectivity index (χ0v) is 9.03. The second kappa shape index (κ2) is 3.33. The number of hydrogen-bond donors (Lipinski definition) is 1. The van der Waals surface area contributed by atoms with Gasteiger partial charge < -0.3 is 10.5 Å². The van der Waals surface area contributed by atoms with Crippen LogP contribution in [0, 0.1) is 0 Å². The van der Waals surface area contributed by atoms with Gasteiger partial charge >= 0.3 is 0 Å². The van der Waals surface area contributed by atoms with Gasteiger partial charge in [0.15, 0.2) is 0 Å².